The van der Waals surface area contributed by atoms with Gasteiger partial charge in [-0.25, -0.2) is 4.79 Å². The van der Waals surface area contributed by atoms with Crippen molar-refractivity contribution in [1.29, 1.82) is 0 Å². The van der Waals surface area contributed by atoms with E-state index in [0.717, 1.165) is 26.7 Å². The van der Waals surface area contributed by atoms with Crippen LogP contribution in [0.4, 0.5) is 29.3 Å². The molecule has 2 atom stereocenters. The molecule has 3 rings (SSSR count). The number of ether oxygens (including phenoxy) is 2. The van der Waals surface area contributed by atoms with Crippen LogP contribution in [0.5, 0.6) is 5.75 Å². The second-order valence-electron chi connectivity index (χ2n) is 7.87. The highest BCUT2D eigenvalue weighted by atomic mass is 19.4. The number of carboxylic acid groups (broad SMARTS) is 1. The number of hydrogen-bond donors (Lipinski definition) is 3. The zero-order valence-corrected chi connectivity index (χ0v) is 16.0. The van der Waals surface area contributed by atoms with E-state index in [1.807, 2.05) is 0 Å². The molecule has 0 bridgehead atoms. The van der Waals surface area contributed by atoms with E-state index in [1.54, 1.807) is 6.07 Å². The van der Waals surface area contributed by atoms with Gasteiger partial charge < -0.3 is 19.9 Å². The molecular formula is C19H23F3N2O5. The lowest BCUT2D eigenvalue weighted by Crippen LogP contribution is -2.44. The largest absolute Gasteiger partial charge is 0.486 e. The van der Waals surface area contributed by atoms with Crippen molar-refractivity contribution >= 4 is 23.4 Å². The lowest BCUT2D eigenvalue weighted by Gasteiger charge is -2.30. The van der Waals surface area contributed by atoms with Crippen molar-refractivity contribution in [3.8, 4) is 5.75 Å². The Labute approximate surface area is 165 Å². The van der Waals surface area contributed by atoms with Crippen LogP contribution in [-0.4, -0.2) is 41.6 Å². The fourth-order valence-electron chi connectivity index (χ4n) is 3.13. The summed E-state index contributed by atoms with van der Waals surface area (Å²) in [6.45, 7) is 1.92. The van der Waals surface area contributed by atoms with Gasteiger partial charge in [-0.1, -0.05) is 0 Å². The van der Waals surface area contributed by atoms with Gasteiger partial charge in [-0.2, -0.15) is 13.2 Å². The first-order chi connectivity index (χ1) is 13.5. The highest BCUT2D eigenvalue weighted by Crippen LogP contribution is 2.41. The van der Waals surface area contributed by atoms with E-state index < -0.39 is 29.8 Å². The average molecular weight is 416 g/mol. The topological polar surface area (TPSA) is 96.9 Å². The van der Waals surface area contributed by atoms with Gasteiger partial charge in [-0.05, 0) is 57.2 Å². The summed E-state index contributed by atoms with van der Waals surface area (Å²) in [4.78, 5) is 23.2. The van der Waals surface area contributed by atoms with Crippen molar-refractivity contribution < 1.29 is 37.3 Å². The molecule has 1 fully saturated rings. The Morgan fingerprint density at radius 3 is 2.62 bits per heavy atom. The highest BCUT2D eigenvalue weighted by Gasteiger charge is 2.51. The number of benzene rings is 1. The van der Waals surface area contributed by atoms with Crippen LogP contribution in [0.15, 0.2) is 18.2 Å². The molecule has 1 aliphatic heterocycles. The lowest BCUT2D eigenvalue weighted by molar-refractivity contribution is -0.242. The van der Waals surface area contributed by atoms with Crippen molar-refractivity contribution in [2.24, 2.45) is 11.8 Å². The Kier molecular flexibility index (Phi) is 5.55. The Balaban J connectivity index is 1.60. The molecule has 0 spiro atoms. The van der Waals surface area contributed by atoms with Crippen molar-refractivity contribution in [3.63, 3.8) is 0 Å². The van der Waals surface area contributed by atoms with Crippen molar-refractivity contribution in [1.82, 2.24) is 0 Å². The van der Waals surface area contributed by atoms with Crippen LogP contribution in [0.2, 0.25) is 0 Å². The second kappa shape index (κ2) is 7.64. The van der Waals surface area contributed by atoms with Crippen LogP contribution in [0.25, 0.3) is 0 Å². The number of carbonyl (C=O) groups is 2. The summed E-state index contributed by atoms with van der Waals surface area (Å²) < 4.78 is 48.8. The van der Waals surface area contributed by atoms with Crippen LogP contribution in [-0.2, 0) is 9.53 Å². The van der Waals surface area contributed by atoms with Crippen molar-refractivity contribution in [2.75, 3.05) is 17.2 Å². The minimum atomic E-state index is -4.70. The number of amides is 1. The molecule has 0 aromatic heterocycles. The zero-order valence-electron chi connectivity index (χ0n) is 16.0. The number of nitrogens with one attached hydrogen (secondary N) is 2. The number of halogens is 3. The molecule has 1 aliphatic carbocycles. The highest BCUT2D eigenvalue weighted by molar-refractivity contribution is 5.86. The van der Waals surface area contributed by atoms with Crippen LogP contribution >= 0.6 is 0 Å². The molecule has 1 heterocycles. The number of aliphatic carboxylic acids is 1. The number of hydrogen-bond acceptors (Lipinski definition) is 5. The maximum absolute atomic E-state index is 12.8. The molecule has 2 aliphatic rings. The molecule has 10 heteroatoms. The summed E-state index contributed by atoms with van der Waals surface area (Å²) in [7, 11) is 0. The third-order valence-electron chi connectivity index (χ3n) is 5.10. The molecule has 7 nitrogen and oxygen atoms in total. The Morgan fingerprint density at radius 1 is 1.34 bits per heavy atom. The molecule has 3 N–H and O–H groups in total. The molecule has 1 amide bonds. The first-order valence-corrected chi connectivity index (χ1v) is 9.30. The fraction of sp³-hybridized carbons (Fsp3) is 0.579. The molecule has 1 aromatic carbocycles. The SMILES string of the molecule is CC(C)(OC(=O)Nc1ccc2c(c1)NC[C@H](C[C@H](C(=O)O)C1CC1)O2)C(F)(F)F. The van der Waals surface area contributed by atoms with Gasteiger partial charge in [0.1, 0.15) is 11.9 Å². The summed E-state index contributed by atoms with van der Waals surface area (Å²) in [6, 6.07) is 4.55. The maximum Gasteiger partial charge on any atom is 0.427 e. The molecule has 1 aromatic rings. The van der Waals surface area contributed by atoms with Crippen LogP contribution in [0.1, 0.15) is 33.1 Å². The van der Waals surface area contributed by atoms with E-state index >= 15 is 0 Å². The standard InChI is InChI=1S/C19H23F3N2O5/c1-18(2,19(20,21)22)29-17(27)24-11-5-6-15-14(7-11)23-9-12(28-15)8-13(16(25)26)10-3-4-10/h5-7,10,12-13,23H,3-4,8-9H2,1-2H3,(H,24,27)(H,25,26)/t12-,13-/m0/s1. The van der Waals surface area contributed by atoms with Gasteiger partial charge in [0.15, 0.2) is 0 Å². The van der Waals surface area contributed by atoms with Crippen molar-refractivity contribution in [2.45, 2.75) is 51.0 Å². The fourth-order valence-corrected chi connectivity index (χ4v) is 3.13. The maximum atomic E-state index is 12.8. The smallest absolute Gasteiger partial charge is 0.427 e. The summed E-state index contributed by atoms with van der Waals surface area (Å²) >= 11 is 0. The number of fused-ring (bicyclic) bond motifs is 1. The van der Waals surface area contributed by atoms with Gasteiger partial charge >= 0.3 is 18.2 Å². The Hall–Kier alpha value is -2.65. The van der Waals surface area contributed by atoms with Gasteiger partial charge in [-0.3, -0.25) is 10.1 Å². The van der Waals surface area contributed by atoms with Gasteiger partial charge in [-0.15, -0.1) is 0 Å². The molecule has 0 unspecified atom stereocenters. The lowest BCUT2D eigenvalue weighted by atomic mass is 9.95. The third-order valence-corrected chi connectivity index (χ3v) is 5.10. The van der Waals surface area contributed by atoms with E-state index in [1.165, 1.54) is 12.1 Å². The van der Waals surface area contributed by atoms with E-state index in [0.29, 0.717) is 24.4 Å². The molecule has 0 saturated heterocycles. The van der Waals surface area contributed by atoms with Gasteiger partial charge in [0.25, 0.3) is 0 Å². The predicted octanol–water partition coefficient (Wildman–Crippen LogP) is 4.25. The summed E-state index contributed by atoms with van der Waals surface area (Å²) in [5.74, 6) is -0.565. The monoisotopic (exact) mass is 416 g/mol. The predicted molar refractivity (Wildman–Crippen MR) is 98.1 cm³/mol. The molecule has 1 saturated carbocycles. The van der Waals surface area contributed by atoms with E-state index in [-0.39, 0.29) is 17.7 Å². The first-order valence-electron chi connectivity index (χ1n) is 9.30. The normalized spacial score (nSPS) is 20.0. The van der Waals surface area contributed by atoms with E-state index in [4.69, 9.17) is 4.74 Å². The minimum absolute atomic E-state index is 0.205. The van der Waals surface area contributed by atoms with Gasteiger partial charge in [0, 0.05) is 5.69 Å². The number of anilines is 2. The number of carboxylic acids is 1. The van der Waals surface area contributed by atoms with Crippen LogP contribution in [0, 0.1) is 11.8 Å². The zero-order chi connectivity index (χ0) is 21.4. The van der Waals surface area contributed by atoms with Crippen LogP contribution in [0.3, 0.4) is 0 Å². The number of rotatable bonds is 6. The first kappa shape index (κ1) is 21.1. The summed E-state index contributed by atoms with van der Waals surface area (Å²) in [5, 5.41) is 14.7. The molecule has 0 radical (unpaired) electrons. The second-order valence-corrected chi connectivity index (χ2v) is 7.87. The quantitative estimate of drug-likeness (QED) is 0.642. The minimum Gasteiger partial charge on any atom is -0.486 e. The van der Waals surface area contributed by atoms with Crippen molar-refractivity contribution in [3.05, 3.63) is 18.2 Å². The molecule has 29 heavy (non-hydrogen) atoms. The van der Waals surface area contributed by atoms with Crippen LogP contribution < -0.4 is 15.4 Å². The third kappa shape index (κ3) is 5.04. The summed E-state index contributed by atoms with van der Waals surface area (Å²) in [6.07, 6.45) is -3.99. The van der Waals surface area contributed by atoms with E-state index in [9.17, 15) is 27.9 Å². The summed E-state index contributed by atoms with van der Waals surface area (Å²) in [5.41, 5.74) is -1.84. The van der Waals surface area contributed by atoms with E-state index in [2.05, 4.69) is 15.4 Å². The number of carbonyl (C=O) groups excluding carboxylic acids is 1. The molecule has 160 valence electrons. The van der Waals surface area contributed by atoms with Gasteiger partial charge in [0.2, 0.25) is 5.60 Å². The number of alkyl halides is 3. The average Bonchev–Trinajstić information content (AvgIpc) is 3.42. The molecular weight excluding hydrogens is 393 g/mol. The van der Waals surface area contributed by atoms with Gasteiger partial charge in [0.05, 0.1) is 18.2 Å². The Morgan fingerprint density at radius 2 is 2.03 bits per heavy atom. The Bertz CT molecular complexity index is 793.